The third-order valence-electron chi connectivity index (χ3n) is 3.15. The summed E-state index contributed by atoms with van der Waals surface area (Å²) < 4.78 is 2.17. The number of aromatic nitrogens is 2. The van der Waals surface area contributed by atoms with Gasteiger partial charge in [0.25, 0.3) is 0 Å². The Kier molecular flexibility index (Phi) is 6.31. The van der Waals surface area contributed by atoms with Gasteiger partial charge in [-0.1, -0.05) is 52.9 Å². The van der Waals surface area contributed by atoms with E-state index in [9.17, 15) is 0 Å². The summed E-state index contributed by atoms with van der Waals surface area (Å²) in [6.07, 6.45) is 15.4. The Bertz CT molecular complexity index is 270. The molecule has 0 saturated carbocycles. The average Bonchev–Trinajstić information content (AvgIpc) is 2.73. The molecule has 0 spiro atoms. The van der Waals surface area contributed by atoms with Crippen LogP contribution in [0.15, 0.2) is 18.7 Å². The Morgan fingerprint density at radius 2 is 1.59 bits per heavy atom. The van der Waals surface area contributed by atoms with Gasteiger partial charge in [-0.25, -0.2) is 4.98 Å². The van der Waals surface area contributed by atoms with E-state index in [1.165, 1.54) is 44.9 Å². The fraction of sp³-hybridized carbons (Fsp3) is 0.800. The van der Waals surface area contributed by atoms with Gasteiger partial charge in [0.05, 0.1) is 6.33 Å². The molecule has 0 unspecified atom stereocenters. The van der Waals surface area contributed by atoms with Crippen molar-refractivity contribution in [3.8, 4) is 0 Å². The van der Waals surface area contributed by atoms with Crippen LogP contribution in [0.4, 0.5) is 0 Å². The summed E-state index contributed by atoms with van der Waals surface area (Å²) in [6.45, 7) is 8.12. The van der Waals surface area contributed by atoms with Gasteiger partial charge in [-0.2, -0.15) is 0 Å². The van der Waals surface area contributed by atoms with Crippen LogP contribution in [0.5, 0.6) is 0 Å². The van der Waals surface area contributed by atoms with Crippen LogP contribution in [-0.4, -0.2) is 9.55 Å². The van der Waals surface area contributed by atoms with Crippen molar-refractivity contribution in [1.29, 1.82) is 0 Å². The molecule has 0 fully saturated rings. The number of hydrogen-bond donors (Lipinski definition) is 0. The lowest BCUT2D eigenvalue weighted by molar-refractivity contribution is 0.356. The first-order valence-corrected chi connectivity index (χ1v) is 7.04. The van der Waals surface area contributed by atoms with Gasteiger partial charge in [0.2, 0.25) is 0 Å². The van der Waals surface area contributed by atoms with Crippen LogP contribution in [-0.2, 0) is 6.54 Å². The molecule has 98 valence electrons. The highest BCUT2D eigenvalue weighted by Gasteiger charge is 2.08. The Labute approximate surface area is 106 Å². The second-order valence-corrected chi connectivity index (χ2v) is 6.23. The number of aryl methyl sites for hydroxylation is 1. The van der Waals surface area contributed by atoms with Crippen molar-refractivity contribution in [2.24, 2.45) is 5.41 Å². The van der Waals surface area contributed by atoms with E-state index in [1.807, 2.05) is 18.7 Å². The highest BCUT2D eigenvalue weighted by atomic mass is 15.0. The van der Waals surface area contributed by atoms with Gasteiger partial charge >= 0.3 is 0 Å². The minimum atomic E-state index is 0.515. The van der Waals surface area contributed by atoms with Gasteiger partial charge in [0.1, 0.15) is 0 Å². The molecule has 0 aliphatic heterocycles. The molecule has 1 heterocycles. The van der Waals surface area contributed by atoms with Crippen LogP contribution in [0.1, 0.15) is 65.7 Å². The first kappa shape index (κ1) is 14.3. The molecule has 1 aromatic rings. The highest BCUT2D eigenvalue weighted by molar-refractivity contribution is 4.73. The summed E-state index contributed by atoms with van der Waals surface area (Å²) in [6, 6.07) is 0. The smallest absolute Gasteiger partial charge is 0.0945 e. The Morgan fingerprint density at radius 1 is 0.941 bits per heavy atom. The first-order valence-electron chi connectivity index (χ1n) is 7.04. The van der Waals surface area contributed by atoms with Gasteiger partial charge in [-0.15, -0.1) is 0 Å². The molecule has 0 saturated heterocycles. The van der Waals surface area contributed by atoms with Gasteiger partial charge in [0.15, 0.2) is 0 Å². The van der Waals surface area contributed by atoms with Gasteiger partial charge in [-0.3, -0.25) is 0 Å². The molecular weight excluding hydrogens is 208 g/mol. The van der Waals surface area contributed by atoms with Crippen LogP contribution < -0.4 is 0 Å². The maximum Gasteiger partial charge on any atom is 0.0945 e. The second kappa shape index (κ2) is 7.52. The average molecular weight is 236 g/mol. The van der Waals surface area contributed by atoms with E-state index in [0.717, 1.165) is 6.54 Å². The monoisotopic (exact) mass is 236 g/mol. The van der Waals surface area contributed by atoms with E-state index in [2.05, 4.69) is 30.3 Å². The van der Waals surface area contributed by atoms with Crippen molar-refractivity contribution in [3.63, 3.8) is 0 Å². The van der Waals surface area contributed by atoms with E-state index in [0.29, 0.717) is 5.41 Å². The van der Waals surface area contributed by atoms with Crippen molar-refractivity contribution in [2.75, 3.05) is 0 Å². The molecule has 0 aromatic carbocycles. The van der Waals surface area contributed by atoms with Crippen LogP contribution in [0.3, 0.4) is 0 Å². The number of nitrogens with zero attached hydrogens (tertiary/aromatic N) is 2. The highest BCUT2D eigenvalue weighted by Crippen LogP contribution is 2.22. The van der Waals surface area contributed by atoms with Crippen molar-refractivity contribution in [1.82, 2.24) is 9.55 Å². The summed E-state index contributed by atoms with van der Waals surface area (Å²) in [5.41, 5.74) is 0.515. The SMILES string of the molecule is CC(C)(C)CCCCCCCCn1ccnc1. The Balaban J connectivity index is 1.85. The first-order chi connectivity index (χ1) is 8.08. The van der Waals surface area contributed by atoms with E-state index >= 15 is 0 Å². The van der Waals surface area contributed by atoms with E-state index in [4.69, 9.17) is 0 Å². The fourth-order valence-corrected chi connectivity index (χ4v) is 2.08. The van der Waals surface area contributed by atoms with Crippen LogP contribution in [0.25, 0.3) is 0 Å². The van der Waals surface area contributed by atoms with E-state index < -0.39 is 0 Å². The minimum Gasteiger partial charge on any atom is -0.337 e. The molecule has 2 nitrogen and oxygen atoms in total. The summed E-state index contributed by atoms with van der Waals surface area (Å²) in [4.78, 5) is 4.05. The topological polar surface area (TPSA) is 17.8 Å². The second-order valence-electron chi connectivity index (χ2n) is 6.23. The van der Waals surface area contributed by atoms with Crippen LogP contribution in [0, 0.1) is 5.41 Å². The van der Waals surface area contributed by atoms with E-state index in [-0.39, 0.29) is 0 Å². The third kappa shape index (κ3) is 8.00. The van der Waals surface area contributed by atoms with Gasteiger partial charge in [-0.05, 0) is 18.3 Å². The Morgan fingerprint density at radius 3 is 2.18 bits per heavy atom. The quantitative estimate of drug-likeness (QED) is 0.600. The third-order valence-corrected chi connectivity index (χ3v) is 3.15. The lowest BCUT2D eigenvalue weighted by Gasteiger charge is -2.17. The zero-order valence-electron chi connectivity index (χ0n) is 11.8. The molecule has 0 bridgehead atoms. The fourth-order valence-electron chi connectivity index (χ4n) is 2.08. The number of hydrogen-bond acceptors (Lipinski definition) is 1. The molecular formula is C15H28N2. The molecule has 17 heavy (non-hydrogen) atoms. The van der Waals surface area contributed by atoms with Crippen LogP contribution >= 0.6 is 0 Å². The molecule has 0 aliphatic rings. The molecule has 0 aliphatic carbocycles. The number of unbranched alkanes of at least 4 members (excludes halogenated alkanes) is 5. The summed E-state index contributed by atoms with van der Waals surface area (Å²) in [5.74, 6) is 0. The predicted octanol–water partition coefficient (Wildman–Crippen LogP) is 4.66. The zero-order chi connectivity index (χ0) is 12.6. The molecule has 0 atom stereocenters. The van der Waals surface area contributed by atoms with Crippen LogP contribution in [0.2, 0.25) is 0 Å². The minimum absolute atomic E-state index is 0.515. The van der Waals surface area contributed by atoms with Crippen molar-refractivity contribution < 1.29 is 0 Å². The van der Waals surface area contributed by atoms with Crippen molar-refractivity contribution in [3.05, 3.63) is 18.7 Å². The summed E-state index contributed by atoms with van der Waals surface area (Å²) >= 11 is 0. The predicted molar refractivity (Wildman–Crippen MR) is 74.0 cm³/mol. The standard InChI is InChI=1S/C15H28N2/c1-15(2,3)10-8-6-4-5-7-9-12-17-13-11-16-14-17/h11,13-14H,4-10,12H2,1-3H3. The lowest BCUT2D eigenvalue weighted by Crippen LogP contribution is -2.03. The van der Waals surface area contributed by atoms with Gasteiger partial charge in [0, 0.05) is 18.9 Å². The van der Waals surface area contributed by atoms with Gasteiger partial charge < -0.3 is 4.57 Å². The molecule has 0 amide bonds. The van der Waals surface area contributed by atoms with E-state index in [1.54, 1.807) is 0 Å². The molecule has 0 radical (unpaired) electrons. The molecule has 1 aromatic heterocycles. The normalized spacial score (nSPS) is 11.9. The maximum atomic E-state index is 4.05. The lowest BCUT2D eigenvalue weighted by atomic mass is 9.89. The largest absolute Gasteiger partial charge is 0.337 e. The Hall–Kier alpha value is -0.790. The van der Waals surface area contributed by atoms with Crippen molar-refractivity contribution in [2.45, 2.75) is 72.3 Å². The number of rotatable bonds is 8. The maximum absolute atomic E-state index is 4.05. The molecule has 2 heteroatoms. The molecule has 1 rings (SSSR count). The summed E-state index contributed by atoms with van der Waals surface area (Å²) in [5, 5.41) is 0. The van der Waals surface area contributed by atoms with Crippen molar-refractivity contribution >= 4 is 0 Å². The number of imidazole rings is 1. The zero-order valence-corrected chi connectivity index (χ0v) is 11.8. The summed E-state index contributed by atoms with van der Waals surface area (Å²) in [7, 11) is 0. The molecule has 0 N–H and O–H groups in total.